The third kappa shape index (κ3) is 1.62. The number of carbonyl (C=O) groups is 1. The van der Waals surface area contributed by atoms with Crippen molar-refractivity contribution in [2.45, 2.75) is 12.3 Å². The topological polar surface area (TPSA) is 46.5 Å². The molecule has 18 heavy (non-hydrogen) atoms. The molecule has 1 N–H and O–H groups in total. The second-order valence-electron chi connectivity index (χ2n) is 5.11. The maximum Gasteiger partial charge on any atom is 0.307 e. The molecule has 1 fully saturated rings. The van der Waals surface area contributed by atoms with Crippen LogP contribution in [0.4, 0.5) is 0 Å². The third-order valence-electron chi connectivity index (χ3n) is 4.25. The van der Waals surface area contributed by atoms with E-state index < -0.39 is 5.97 Å². The first kappa shape index (κ1) is 11.3. The van der Waals surface area contributed by atoms with Gasteiger partial charge >= 0.3 is 5.97 Å². The van der Waals surface area contributed by atoms with E-state index in [9.17, 15) is 9.90 Å². The molecule has 0 amide bonds. The van der Waals surface area contributed by atoms with Crippen LogP contribution in [0.15, 0.2) is 36.4 Å². The van der Waals surface area contributed by atoms with Crippen molar-refractivity contribution in [1.82, 2.24) is 0 Å². The molecule has 0 aromatic heterocycles. The molecule has 4 atom stereocenters. The van der Waals surface area contributed by atoms with Crippen molar-refractivity contribution in [3.63, 3.8) is 0 Å². The molecular weight excluding hydrogens is 228 g/mol. The number of hydrogen-bond acceptors (Lipinski definition) is 2. The fourth-order valence-corrected chi connectivity index (χ4v) is 3.44. The summed E-state index contributed by atoms with van der Waals surface area (Å²) in [4.78, 5) is 11.4. The fourth-order valence-electron chi connectivity index (χ4n) is 3.44. The maximum atomic E-state index is 11.4. The second-order valence-corrected chi connectivity index (χ2v) is 5.11. The summed E-state index contributed by atoms with van der Waals surface area (Å²) in [5.41, 5.74) is 1.11. The molecule has 2 aliphatic carbocycles. The molecule has 0 unspecified atom stereocenters. The van der Waals surface area contributed by atoms with Crippen LogP contribution in [0.2, 0.25) is 0 Å². The van der Waals surface area contributed by atoms with E-state index in [-0.39, 0.29) is 17.8 Å². The third-order valence-corrected chi connectivity index (χ3v) is 4.25. The normalized spacial score (nSPS) is 32.7. The van der Waals surface area contributed by atoms with E-state index in [0.29, 0.717) is 5.92 Å². The van der Waals surface area contributed by atoms with Gasteiger partial charge in [-0.15, -0.1) is 0 Å². The summed E-state index contributed by atoms with van der Waals surface area (Å²) in [6.45, 7) is 0. The van der Waals surface area contributed by atoms with E-state index in [1.54, 1.807) is 7.11 Å². The Kier molecular flexibility index (Phi) is 2.62. The zero-order chi connectivity index (χ0) is 12.7. The van der Waals surface area contributed by atoms with Crippen molar-refractivity contribution in [3.05, 3.63) is 42.0 Å². The van der Waals surface area contributed by atoms with Gasteiger partial charge in [-0.25, -0.2) is 0 Å². The van der Waals surface area contributed by atoms with Crippen molar-refractivity contribution >= 4 is 5.97 Å². The lowest BCUT2D eigenvalue weighted by molar-refractivity contribution is -0.143. The van der Waals surface area contributed by atoms with Crippen molar-refractivity contribution in [1.29, 1.82) is 0 Å². The highest BCUT2D eigenvalue weighted by Gasteiger charge is 2.48. The van der Waals surface area contributed by atoms with Crippen LogP contribution in [-0.4, -0.2) is 18.2 Å². The van der Waals surface area contributed by atoms with E-state index in [1.165, 1.54) is 0 Å². The molecule has 94 valence electrons. The molecule has 2 bridgehead atoms. The number of methoxy groups -OCH3 is 1. The van der Waals surface area contributed by atoms with Crippen molar-refractivity contribution < 1.29 is 14.6 Å². The molecule has 1 aromatic carbocycles. The quantitative estimate of drug-likeness (QED) is 0.831. The predicted molar refractivity (Wildman–Crippen MR) is 67.6 cm³/mol. The van der Waals surface area contributed by atoms with Gasteiger partial charge in [0.15, 0.2) is 0 Å². The van der Waals surface area contributed by atoms with Crippen LogP contribution in [0.3, 0.4) is 0 Å². The summed E-state index contributed by atoms with van der Waals surface area (Å²) in [7, 11) is 1.63. The van der Waals surface area contributed by atoms with Gasteiger partial charge in [0.2, 0.25) is 0 Å². The monoisotopic (exact) mass is 244 g/mol. The minimum atomic E-state index is -0.673. The number of fused-ring (bicyclic) bond motifs is 2. The lowest BCUT2D eigenvalue weighted by atomic mass is 9.78. The number of carboxylic acids is 1. The first-order valence-electron chi connectivity index (χ1n) is 6.26. The Morgan fingerprint density at radius 2 is 1.89 bits per heavy atom. The number of aliphatic carboxylic acids is 1. The van der Waals surface area contributed by atoms with Gasteiger partial charge < -0.3 is 9.84 Å². The minimum absolute atomic E-state index is 0.114. The molecule has 2 aliphatic rings. The Morgan fingerprint density at radius 1 is 1.22 bits per heavy atom. The molecule has 3 nitrogen and oxygen atoms in total. The Morgan fingerprint density at radius 3 is 2.50 bits per heavy atom. The average molecular weight is 244 g/mol. The van der Waals surface area contributed by atoms with Crippen LogP contribution in [-0.2, 0) is 4.79 Å². The summed E-state index contributed by atoms with van der Waals surface area (Å²) in [6, 6.07) is 7.80. The van der Waals surface area contributed by atoms with Crippen LogP contribution in [0.25, 0.3) is 0 Å². The minimum Gasteiger partial charge on any atom is -0.497 e. The van der Waals surface area contributed by atoms with Crippen LogP contribution in [0.5, 0.6) is 5.75 Å². The first-order valence-corrected chi connectivity index (χ1v) is 6.26. The van der Waals surface area contributed by atoms with Gasteiger partial charge in [-0.05, 0) is 36.0 Å². The highest BCUT2D eigenvalue weighted by Crippen LogP contribution is 2.53. The number of hydrogen-bond donors (Lipinski definition) is 1. The average Bonchev–Trinajstić information content (AvgIpc) is 2.99. The van der Waals surface area contributed by atoms with Gasteiger partial charge in [0.25, 0.3) is 0 Å². The predicted octanol–water partition coefficient (Wildman–Crippen LogP) is 2.69. The molecule has 0 spiro atoms. The first-order chi connectivity index (χ1) is 8.70. The zero-order valence-electron chi connectivity index (χ0n) is 10.2. The molecule has 0 radical (unpaired) electrons. The zero-order valence-corrected chi connectivity index (χ0v) is 10.2. The molecule has 3 rings (SSSR count). The van der Waals surface area contributed by atoms with Gasteiger partial charge in [-0.1, -0.05) is 24.3 Å². The van der Waals surface area contributed by atoms with Crippen molar-refractivity contribution in [2.75, 3.05) is 7.11 Å². The number of benzene rings is 1. The highest BCUT2D eigenvalue weighted by atomic mass is 16.5. The molecule has 1 aromatic rings. The molecule has 0 aliphatic heterocycles. The van der Waals surface area contributed by atoms with Gasteiger partial charge in [0.1, 0.15) is 5.75 Å². The second kappa shape index (κ2) is 4.16. The van der Waals surface area contributed by atoms with Crippen LogP contribution in [0, 0.1) is 17.8 Å². The molecular formula is C15H16O3. The van der Waals surface area contributed by atoms with Crippen LogP contribution >= 0.6 is 0 Å². The smallest absolute Gasteiger partial charge is 0.307 e. The largest absolute Gasteiger partial charge is 0.497 e. The Balaban J connectivity index is 1.94. The maximum absolute atomic E-state index is 11.4. The molecule has 1 saturated carbocycles. The molecule has 0 heterocycles. The van der Waals surface area contributed by atoms with E-state index in [0.717, 1.165) is 17.7 Å². The lowest BCUT2D eigenvalue weighted by Gasteiger charge is -2.25. The number of rotatable bonds is 3. The van der Waals surface area contributed by atoms with Gasteiger partial charge in [-0.2, -0.15) is 0 Å². The van der Waals surface area contributed by atoms with Gasteiger partial charge in [0.05, 0.1) is 13.0 Å². The van der Waals surface area contributed by atoms with E-state index >= 15 is 0 Å². The number of ether oxygens (including phenoxy) is 1. The van der Waals surface area contributed by atoms with E-state index in [2.05, 4.69) is 12.2 Å². The summed E-state index contributed by atoms with van der Waals surface area (Å²) in [5, 5.41) is 9.41. The summed E-state index contributed by atoms with van der Waals surface area (Å²) in [6.07, 6.45) is 5.23. The number of allylic oxidation sites excluding steroid dienone is 2. The van der Waals surface area contributed by atoms with Crippen molar-refractivity contribution in [2.24, 2.45) is 17.8 Å². The summed E-state index contributed by atoms with van der Waals surface area (Å²) in [5.74, 6) is 0.567. The standard InChI is InChI=1S/C15H16O3/c1-18-12-6-4-9(5-7-12)13-10-2-3-11(8-10)14(13)15(16)17/h2-7,10-11,13-14H,8H2,1H3,(H,16,17)/t10-,11+,13+,14+/m0/s1. The van der Waals surface area contributed by atoms with E-state index in [4.69, 9.17) is 4.74 Å². The number of carboxylic acid groups (broad SMARTS) is 1. The van der Waals surface area contributed by atoms with Crippen LogP contribution in [0.1, 0.15) is 17.9 Å². The van der Waals surface area contributed by atoms with Crippen LogP contribution < -0.4 is 4.74 Å². The lowest BCUT2D eigenvalue weighted by Crippen LogP contribution is -2.25. The SMILES string of the molecule is COc1ccc([C@H]2[C@H](C(=O)O)[C@@H]3C=C[C@H]2C3)cc1. The Bertz CT molecular complexity index is 489. The van der Waals surface area contributed by atoms with Gasteiger partial charge in [0, 0.05) is 5.92 Å². The molecule has 0 saturated heterocycles. The van der Waals surface area contributed by atoms with Crippen molar-refractivity contribution in [3.8, 4) is 5.75 Å². The fraction of sp³-hybridized carbons (Fsp3) is 0.400. The molecule has 3 heteroatoms. The Hall–Kier alpha value is -1.77. The summed E-state index contributed by atoms with van der Waals surface area (Å²) < 4.78 is 5.14. The highest BCUT2D eigenvalue weighted by molar-refractivity contribution is 5.73. The van der Waals surface area contributed by atoms with Gasteiger partial charge in [-0.3, -0.25) is 4.79 Å². The Labute approximate surface area is 106 Å². The van der Waals surface area contributed by atoms with E-state index in [1.807, 2.05) is 24.3 Å². The summed E-state index contributed by atoms with van der Waals surface area (Å²) >= 11 is 0.